The van der Waals surface area contributed by atoms with Crippen LogP contribution in [0.2, 0.25) is 0 Å². The van der Waals surface area contributed by atoms with Gasteiger partial charge in [0.1, 0.15) is 16.2 Å². The maximum absolute atomic E-state index is 4.62. The van der Waals surface area contributed by atoms with Crippen molar-refractivity contribution >= 4 is 21.7 Å². The van der Waals surface area contributed by atoms with Crippen molar-refractivity contribution in [3.63, 3.8) is 0 Å². The Morgan fingerprint density at radius 1 is 1.33 bits per heavy atom. The van der Waals surface area contributed by atoms with E-state index in [2.05, 4.69) is 44.6 Å². The van der Waals surface area contributed by atoms with Gasteiger partial charge in [0.2, 0.25) is 0 Å². The van der Waals surface area contributed by atoms with Crippen LogP contribution in [0.3, 0.4) is 0 Å². The summed E-state index contributed by atoms with van der Waals surface area (Å²) >= 11 is 3.46. The number of hydrogen-bond donors (Lipinski definition) is 0. The monoisotopic (exact) mass is 269 g/mol. The molecule has 1 heterocycles. The van der Waals surface area contributed by atoms with Gasteiger partial charge in [-0.2, -0.15) is 0 Å². The van der Waals surface area contributed by atoms with E-state index < -0.39 is 0 Å². The zero-order valence-electron chi connectivity index (χ0n) is 9.20. The Labute approximate surface area is 99.0 Å². The molecule has 0 bridgehead atoms. The van der Waals surface area contributed by atoms with Gasteiger partial charge in [-0.05, 0) is 42.6 Å². The first-order valence-electron chi connectivity index (χ1n) is 5.54. The van der Waals surface area contributed by atoms with Crippen LogP contribution in [0.1, 0.15) is 38.4 Å². The van der Waals surface area contributed by atoms with Crippen LogP contribution in [0, 0.1) is 0 Å². The van der Waals surface area contributed by atoms with Gasteiger partial charge in [0.05, 0.1) is 0 Å². The van der Waals surface area contributed by atoms with Crippen LogP contribution in [-0.4, -0.2) is 23.1 Å². The third-order valence-electron chi connectivity index (χ3n) is 2.73. The first-order valence-corrected chi connectivity index (χ1v) is 6.33. The molecule has 0 spiro atoms. The summed E-state index contributed by atoms with van der Waals surface area (Å²) in [4.78, 5) is 11.3. The molecule has 4 heteroatoms. The van der Waals surface area contributed by atoms with E-state index in [0.29, 0.717) is 5.92 Å². The lowest BCUT2D eigenvalue weighted by Crippen LogP contribution is -2.23. The number of hydrogen-bond acceptors (Lipinski definition) is 3. The van der Waals surface area contributed by atoms with Crippen molar-refractivity contribution in [2.75, 3.05) is 18.0 Å². The third kappa shape index (κ3) is 2.48. The predicted molar refractivity (Wildman–Crippen MR) is 65.3 cm³/mol. The zero-order valence-corrected chi connectivity index (χ0v) is 10.8. The molecule has 0 N–H and O–H groups in total. The van der Waals surface area contributed by atoms with E-state index in [1.165, 1.54) is 12.8 Å². The minimum atomic E-state index is 0.608. The van der Waals surface area contributed by atoms with Crippen LogP contribution in [-0.2, 0) is 0 Å². The lowest BCUT2D eigenvalue weighted by Gasteiger charge is -2.20. The standard InChI is InChI=1S/C11H16BrN3/c1-3-15(4-2)10-7-9(12)13-11(14-10)8-5-6-8/h7-8H,3-6H2,1-2H3. The summed E-state index contributed by atoms with van der Waals surface area (Å²) in [5, 5.41) is 0. The highest BCUT2D eigenvalue weighted by atomic mass is 79.9. The first-order chi connectivity index (χ1) is 7.24. The summed E-state index contributed by atoms with van der Waals surface area (Å²) in [6, 6.07) is 2.00. The second-order valence-electron chi connectivity index (χ2n) is 3.85. The second kappa shape index (κ2) is 4.47. The molecule has 1 aliphatic carbocycles. The molecule has 0 amide bonds. The molecule has 0 radical (unpaired) electrons. The smallest absolute Gasteiger partial charge is 0.135 e. The van der Waals surface area contributed by atoms with Gasteiger partial charge in [0.15, 0.2) is 0 Å². The van der Waals surface area contributed by atoms with E-state index in [0.717, 1.165) is 29.3 Å². The van der Waals surface area contributed by atoms with Crippen molar-refractivity contribution in [1.29, 1.82) is 0 Å². The van der Waals surface area contributed by atoms with Gasteiger partial charge in [0.25, 0.3) is 0 Å². The number of halogens is 1. The van der Waals surface area contributed by atoms with Gasteiger partial charge in [-0.1, -0.05) is 0 Å². The number of nitrogens with zero attached hydrogens (tertiary/aromatic N) is 3. The highest BCUT2D eigenvalue weighted by Crippen LogP contribution is 2.39. The molecule has 1 aromatic heterocycles. The van der Waals surface area contributed by atoms with E-state index in [9.17, 15) is 0 Å². The molecule has 3 nitrogen and oxygen atoms in total. The van der Waals surface area contributed by atoms with Crippen molar-refractivity contribution in [2.24, 2.45) is 0 Å². The molecule has 1 saturated carbocycles. The maximum Gasteiger partial charge on any atom is 0.135 e. The highest BCUT2D eigenvalue weighted by Gasteiger charge is 2.27. The highest BCUT2D eigenvalue weighted by molar-refractivity contribution is 9.10. The van der Waals surface area contributed by atoms with Crippen LogP contribution in [0.15, 0.2) is 10.7 Å². The summed E-state index contributed by atoms with van der Waals surface area (Å²) < 4.78 is 0.904. The van der Waals surface area contributed by atoms with Gasteiger partial charge < -0.3 is 4.90 Å². The quantitative estimate of drug-likeness (QED) is 0.788. The van der Waals surface area contributed by atoms with Gasteiger partial charge in [0, 0.05) is 25.1 Å². The summed E-state index contributed by atoms with van der Waals surface area (Å²) in [5.41, 5.74) is 0. The topological polar surface area (TPSA) is 29.0 Å². The Hall–Kier alpha value is -0.640. The van der Waals surface area contributed by atoms with Crippen LogP contribution < -0.4 is 4.90 Å². The van der Waals surface area contributed by atoms with Crippen molar-refractivity contribution in [2.45, 2.75) is 32.6 Å². The molecule has 0 saturated heterocycles. The molecule has 0 atom stereocenters. The van der Waals surface area contributed by atoms with Crippen LogP contribution >= 0.6 is 15.9 Å². The van der Waals surface area contributed by atoms with Crippen molar-refractivity contribution in [1.82, 2.24) is 9.97 Å². The largest absolute Gasteiger partial charge is 0.357 e. The Bertz CT molecular complexity index is 346. The average Bonchev–Trinajstić information content (AvgIpc) is 3.02. The summed E-state index contributed by atoms with van der Waals surface area (Å²) in [6.07, 6.45) is 2.49. The Kier molecular flexibility index (Phi) is 3.24. The number of aromatic nitrogens is 2. The first kappa shape index (κ1) is 10.9. The Balaban J connectivity index is 2.29. The van der Waals surface area contributed by atoms with Crippen molar-refractivity contribution < 1.29 is 0 Å². The van der Waals surface area contributed by atoms with Gasteiger partial charge >= 0.3 is 0 Å². The van der Waals surface area contributed by atoms with E-state index in [4.69, 9.17) is 0 Å². The predicted octanol–water partition coefficient (Wildman–Crippen LogP) is 2.96. The third-order valence-corrected chi connectivity index (χ3v) is 3.13. The Morgan fingerprint density at radius 2 is 2.00 bits per heavy atom. The fourth-order valence-corrected chi connectivity index (χ4v) is 2.04. The second-order valence-corrected chi connectivity index (χ2v) is 4.67. The van der Waals surface area contributed by atoms with Crippen molar-refractivity contribution in [3.8, 4) is 0 Å². The van der Waals surface area contributed by atoms with Gasteiger partial charge in [-0.3, -0.25) is 0 Å². The minimum absolute atomic E-state index is 0.608. The minimum Gasteiger partial charge on any atom is -0.357 e. The molecule has 0 aromatic carbocycles. The van der Waals surface area contributed by atoms with E-state index in [1.807, 2.05) is 6.07 Å². The average molecular weight is 270 g/mol. The normalized spacial score (nSPS) is 15.4. The summed E-state index contributed by atoms with van der Waals surface area (Å²) in [6.45, 7) is 6.28. The van der Waals surface area contributed by atoms with Gasteiger partial charge in [-0.25, -0.2) is 9.97 Å². The molecule has 1 aromatic rings. The molecule has 1 aliphatic rings. The van der Waals surface area contributed by atoms with Crippen molar-refractivity contribution in [3.05, 3.63) is 16.5 Å². The molecular formula is C11H16BrN3. The molecule has 0 unspecified atom stereocenters. The lowest BCUT2D eigenvalue weighted by molar-refractivity contribution is 0.816. The SMILES string of the molecule is CCN(CC)c1cc(Br)nc(C2CC2)n1. The van der Waals surface area contributed by atoms with Crippen LogP contribution in [0.4, 0.5) is 5.82 Å². The van der Waals surface area contributed by atoms with E-state index in [-0.39, 0.29) is 0 Å². The summed E-state index contributed by atoms with van der Waals surface area (Å²) in [5.74, 6) is 2.66. The van der Waals surface area contributed by atoms with Crippen LogP contribution in [0.25, 0.3) is 0 Å². The number of anilines is 1. The summed E-state index contributed by atoms with van der Waals surface area (Å²) in [7, 11) is 0. The molecule has 82 valence electrons. The fraction of sp³-hybridized carbons (Fsp3) is 0.636. The maximum atomic E-state index is 4.62. The lowest BCUT2D eigenvalue weighted by atomic mass is 10.3. The van der Waals surface area contributed by atoms with E-state index >= 15 is 0 Å². The Morgan fingerprint density at radius 3 is 2.53 bits per heavy atom. The molecule has 15 heavy (non-hydrogen) atoms. The fourth-order valence-electron chi connectivity index (χ4n) is 1.66. The number of rotatable bonds is 4. The van der Waals surface area contributed by atoms with Gasteiger partial charge in [-0.15, -0.1) is 0 Å². The van der Waals surface area contributed by atoms with Crippen LogP contribution in [0.5, 0.6) is 0 Å². The molecule has 2 rings (SSSR count). The molecule has 1 fully saturated rings. The molecular weight excluding hydrogens is 254 g/mol. The molecule has 0 aliphatic heterocycles. The zero-order chi connectivity index (χ0) is 10.8. The van der Waals surface area contributed by atoms with E-state index in [1.54, 1.807) is 0 Å².